The monoisotopic (exact) mass is 377 g/mol. The van der Waals surface area contributed by atoms with Crippen molar-refractivity contribution in [2.24, 2.45) is 0 Å². The van der Waals surface area contributed by atoms with Crippen LogP contribution in [0.4, 0.5) is 15.8 Å². The number of amides is 1. The van der Waals surface area contributed by atoms with Crippen molar-refractivity contribution in [1.82, 2.24) is 5.32 Å². The number of benzene rings is 2. The summed E-state index contributed by atoms with van der Waals surface area (Å²) in [5.74, 6) is -1.30. The van der Waals surface area contributed by atoms with E-state index in [1.165, 1.54) is 25.3 Å². The van der Waals surface area contributed by atoms with E-state index in [1.807, 2.05) is 0 Å². The number of carbonyl (C=O) groups is 1. The molecule has 2 aromatic rings. The summed E-state index contributed by atoms with van der Waals surface area (Å²) >= 11 is 0. The van der Waals surface area contributed by atoms with E-state index in [1.54, 1.807) is 13.0 Å². The van der Waals surface area contributed by atoms with Crippen LogP contribution in [-0.2, 0) is 4.74 Å². The van der Waals surface area contributed by atoms with Crippen LogP contribution in [0.2, 0.25) is 0 Å². The molecule has 1 amide bonds. The Labute approximate surface area is 153 Å². The maximum absolute atomic E-state index is 14.0. The molecule has 9 nitrogen and oxygen atoms in total. The largest absolute Gasteiger partial charge is 0.375 e. The molecule has 0 spiro atoms. The van der Waals surface area contributed by atoms with Gasteiger partial charge in [0.2, 0.25) is 0 Å². The number of carbonyl (C=O) groups excluding carboxylic acids is 1. The number of hydrogen-bond donors (Lipinski definition) is 1. The average Bonchev–Trinajstić information content (AvgIpc) is 2.63. The highest BCUT2D eigenvalue weighted by atomic mass is 19.1. The topological polar surface area (TPSA) is 125 Å². The Hall–Kier alpha value is -3.40. The SMILES string of the molecule is CO[C@H](c1ccccc1F)[C@H](C)NC(=O)c1cc([N+](=O)[O-])cc([N+](=O)[O-])c1. The lowest BCUT2D eigenvalue weighted by Crippen LogP contribution is -2.38. The van der Waals surface area contributed by atoms with Crippen molar-refractivity contribution in [3.05, 3.63) is 79.6 Å². The molecule has 2 aromatic carbocycles. The fourth-order valence-corrected chi connectivity index (χ4v) is 2.61. The summed E-state index contributed by atoms with van der Waals surface area (Å²) in [7, 11) is 1.35. The van der Waals surface area contributed by atoms with Crippen molar-refractivity contribution in [1.29, 1.82) is 0 Å². The molecular formula is C17H16FN3O6. The van der Waals surface area contributed by atoms with Gasteiger partial charge >= 0.3 is 0 Å². The summed E-state index contributed by atoms with van der Waals surface area (Å²) in [5.41, 5.74) is -1.21. The van der Waals surface area contributed by atoms with Crippen LogP contribution in [0.5, 0.6) is 0 Å². The predicted molar refractivity (Wildman–Crippen MR) is 92.8 cm³/mol. The van der Waals surface area contributed by atoms with E-state index in [2.05, 4.69) is 5.32 Å². The summed E-state index contributed by atoms with van der Waals surface area (Å²) in [6.07, 6.45) is -0.830. The summed E-state index contributed by atoms with van der Waals surface area (Å²) in [6, 6.07) is 7.78. The van der Waals surface area contributed by atoms with Gasteiger partial charge in [0.05, 0.1) is 27.5 Å². The molecule has 0 radical (unpaired) electrons. The third-order valence-corrected chi connectivity index (χ3v) is 3.86. The minimum absolute atomic E-state index is 0.220. The smallest absolute Gasteiger partial charge is 0.277 e. The first-order valence-corrected chi connectivity index (χ1v) is 7.76. The fourth-order valence-electron chi connectivity index (χ4n) is 2.61. The second kappa shape index (κ2) is 8.32. The van der Waals surface area contributed by atoms with Crippen LogP contribution in [-0.4, -0.2) is 28.9 Å². The molecule has 0 saturated heterocycles. The molecule has 0 heterocycles. The first-order chi connectivity index (χ1) is 12.7. The highest BCUT2D eigenvalue weighted by molar-refractivity contribution is 5.95. The van der Waals surface area contributed by atoms with Gasteiger partial charge in [0, 0.05) is 24.8 Å². The van der Waals surface area contributed by atoms with Crippen molar-refractivity contribution in [2.45, 2.75) is 19.1 Å². The lowest BCUT2D eigenvalue weighted by atomic mass is 10.0. The first kappa shape index (κ1) is 19.9. The zero-order valence-electron chi connectivity index (χ0n) is 14.4. The van der Waals surface area contributed by atoms with Gasteiger partial charge in [-0.05, 0) is 13.0 Å². The third-order valence-electron chi connectivity index (χ3n) is 3.86. The number of rotatable bonds is 7. The van der Waals surface area contributed by atoms with E-state index in [0.29, 0.717) is 0 Å². The zero-order chi connectivity index (χ0) is 20.1. The van der Waals surface area contributed by atoms with Crippen LogP contribution in [0.3, 0.4) is 0 Å². The Morgan fingerprint density at radius 1 is 1.11 bits per heavy atom. The molecule has 0 saturated carbocycles. The number of non-ortho nitro benzene ring substituents is 2. The van der Waals surface area contributed by atoms with Gasteiger partial charge in [-0.3, -0.25) is 25.0 Å². The molecule has 142 valence electrons. The number of nitrogens with one attached hydrogen (secondary N) is 1. The quantitative estimate of drug-likeness (QED) is 0.584. The predicted octanol–water partition coefficient (Wildman–Crippen LogP) is 3.15. The van der Waals surface area contributed by atoms with Gasteiger partial charge in [0.15, 0.2) is 0 Å². The number of nitrogens with zero attached hydrogens (tertiary/aromatic N) is 2. The van der Waals surface area contributed by atoms with Gasteiger partial charge < -0.3 is 10.1 Å². The highest BCUT2D eigenvalue weighted by Crippen LogP contribution is 2.25. The second-order valence-corrected chi connectivity index (χ2v) is 5.69. The molecule has 0 aliphatic rings. The molecule has 1 N–H and O–H groups in total. The normalized spacial score (nSPS) is 12.9. The van der Waals surface area contributed by atoms with Crippen LogP contribution in [0.1, 0.15) is 28.9 Å². The second-order valence-electron chi connectivity index (χ2n) is 5.69. The Kier molecular flexibility index (Phi) is 6.14. The fraction of sp³-hybridized carbons (Fsp3) is 0.235. The van der Waals surface area contributed by atoms with Gasteiger partial charge in [0.1, 0.15) is 11.9 Å². The summed E-state index contributed by atoms with van der Waals surface area (Å²) in [6.45, 7) is 1.56. The maximum Gasteiger partial charge on any atom is 0.277 e. The molecule has 2 atom stereocenters. The number of methoxy groups -OCH3 is 1. The van der Waals surface area contributed by atoms with Crippen LogP contribution >= 0.6 is 0 Å². The van der Waals surface area contributed by atoms with Gasteiger partial charge in [-0.1, -0.05) is 18.2 Å². The molecule has 0 aromatic heterocycles. The van der Waals surface area contributed by atoms with Crippen molar-refractivity contribution in [3.63, 3.8) is 0 Å². The molecule has 27 heavy (non-hydrogen) atoms. The highest BCUT2D eigenvalue weighted by Gasteiger charge is 2.25. The standard InChI is InChI=1S/C17H16FN3O6/c1-10(16(27-2)14-5-3-4-6-15(14)18)19-17(22)11-7-12(20(23)24)9-13(8-11)21(25)26/h3-10,16H,1-2H3,(H,19,22)/t10-,16-/m0/s1. The molecular weight excluding hydrogens is 361 g/mol. The minimum Gasteiger partial charge on any atom is -0.375 e. The van der Waals surface area contributed by atoms with E-state index in [-0.39, 0.29) is 11.1 Å². The maximum atomic E-state index is 14.0. The molecule has 2 rings (SSSR count). The summed E-state index contributed by atoms with van der Waals surface area (Å²) in [4.78, 5) is 32.7. The number of nitro benzene ring substituents is 2. The number of nitro groups is 2. The van der Waals surface area contributed by atoms with Crippen LogP contribution in [0.15, 0.2) is 42.5 Å². The van der Waals surface area contributed by atoms with Crippen LogP contribution in [0.25, 0.3) is 0 Å². The van der Waals surface area contributed by atoms with Crippen LogP contribution in [0, 0.1) is 26.0 Å². The van der Waals surface area contributed by atoms with Crippen LogP contribution < -0.4 is 5.32 Å². The van der Waals surface area contributed by atoms with E-state index >= 15 is 0 Å². The van der Waals surface area contributed by atoms with Gasteiger partial charge in [-0.2, -0.15) is 0 Å². The molecule has 10 heteroatoms. The van der Waals surface area contributed by atoms with Gasteiger partial charge in [-0.25, -0.2) is 4.39 Å². The number of halogens is 1. The third kappa shape index (κ3) is 4.61. The number of hydrogen-bond acceptors (Lipinski definition) is 6. The Morgan fingerprint density at radius 2 is 1.67 bits per heavy atom. The average molecular weight is 377 g/mol. The summed E-state index contributed by atoms with van der Waals surface area (Å²) in [5, 5.41) is 24.4. The van der Waals surface area contributed by atoms with Gasteiger partial charge in [-0.15, -0.1) is 0 Å². The Bertz CT molecular complexity index is 856. The lowest BCUT2D eigenvalue weighted by molar-refractivity contribution is -0.394. The number of ether oxygens (including phenoxy) is 1. The first-order valence-electron chi connectivity index (χ1n) is 7.76. The molecule has 0 unspecified atom stereocenters. The Morgan fingerprint density at radius 3 is 2.15 bits per heavy atom. The zero-order valence-corrected chi connectivity index (χ0v) is 14.4. The Balaban J connectivity index is 2.29. The molecule has 0 aliphatic carbocycles. The van der Waals surface area contributed by atoms with E-state index in [0.717, 1.165) is 18.2 Å². The van der Waals surface area contributed by atoms with Crippen molar-refractivity contribution >= 4 is 17.3 Å². The van der Waals surface area contributed by atoms with E-state index in [9.17, 15) is 29.4 Å². The molecule has 0 bridgehead atoms. The van der Waals surface area contributed by atoms with Gasteiger partial charge in [0.25, 0.3) is 17.3 Å². The minimum atomic E-state index is -0.830. The van der Waals surface area contributed by atoms with E-state index in [4.69, 9.17) is 4.74 Å². The molecule has 0 aliphatic heterocycles. The van der Waals surface area contributed by atoms with Crippen molar-refractivity contribution in [3.8, 4) is 0 Å². The van der Waals surface area contributed by atoms with Crippen molar-refractivity contribution in [2.75, 3.05) is 7.11 Å². The summed E-state index contributed by atoms with van der Waals surface area (Å²) < 4.78 is 19.3. The lowest BCUT2D eigenvalue weighted by Gasteiger charge is -2.24. The van der Waals surface area contributed by atoms with E-state index < -0.39 is 45.1 Å². The van der Waals surface area contributed by atoms with Crippen molar-refractivity contribution < 1.29 is 23.8 Å². The molecule has 0 fully saturated rings.